The fraction of sp³-hybridized carbons (Fsp3) is 0.533. The molecule has 1 aromatic rings. The molecule has 19 heavy (non-hydrogen) atoms. The number of carbonyl (C=O) groups is 1. The van der Waals surface area contributed by atoms with Crippen LogP contribution in [0.4, 0.5) is 0 Å². The van der Waals surface area contributed by atoms with E-state index >= 15 is 0 Å². The molecule has 2 rings (SSSR count). The molecule has 1 aliphatic rings. The number of ether oxygens (including phenoxy) is 3. The summed E-state index contributed by atoms with van der Waals surface area (Å²) in [6.07, 6.45) is 2.22. The van der Waals surface area contributed by atoms with Gasteiger partial charge in [-0.05, 0) is 30.5 Å². The lowest BCUT2D eigenvalue weighted by atomic mass is 9.87. The first kappa shape index (κ1) is 14.0. The van der Waals surface area contributed by atoms with Crippen molar-refractivity contribution >= 4 is 5.78 Å². The van der Waals surface area contributed by atoms with Gasteiger partial charge in [-0.3, -0.25) is 4.79 Å². The largest absolute Gasteiger partial charge is 0.497 e. The third-order valence-electron chi connectivity index (χ3n) is 3.75. The number of hydrogen-bond acceptors (Lipinski definition) is 4. The Labute approximate surface area is 113 Å². The van der Waals surface area contributed by atoms with Crippen LogP contribution in [0.25, 0.3) is 0 Å². The molecular formula is C15H20O4. The lowest BCUT2D eigenvalue weighted by Gasteiger charge is -2.31. The van der Waals surface area contributed by atoms with E-state index in [1.165, 1.54) is 0 Å². The molecule has 0 saturated heterocycles. The molecule has 0 spiro atoms. The molecule has 0 heterocycles. The summed E-state index contributed by atoms with van der Waals surface area (Å²) in [4.78, 5) is 12.5. The number of Topliss-reactive ketones (excluding diaryl/α,β-unsaturated/α-hetero) is 1. The number of hydrogen-bond donors (Lipinski definition) is 0. The Kier molecular flexibility index (Phi) is 4.22. The Balaban J connectivity index is 2.60. The molecule has 1 aromatic carbocycles. The third-order valence-corrected chi connectivity index (χ3v) is 3.75. The normalized spacial score (nSPS) is 22.8. The number of benzene rings is 1. The molecule has 0 bridgehead atoms. The van der Waals surface area contributed by atoms with Crippen molar-refractivity contribution < 1.29 is 19.0 Å². The summed E-state index contributed by atoms with van der Waals surface area (Å²) in [6, 6.07) is 5.82. The standard InChI is InChI=1S/C15H20O4/c1-17-10-15(19-3)13-9-12(18-2)8-7-11(13)5-4-6-14(15)16/h7-9H,4-6,10H2,1-3H3. The average molecular weight is 264 g/mol. The Morgan fingerprint density at radius 3 is 2.63 bits per heavy atom. The SMILES string of the molecule is COCC1(OC)C(=O)CCCc2ccc(OC)cc21. The summed E-state index contributed by atoms with van der Waals surface area (Å²) in [7, 11) is 4.76. The molecule has 0 saturated carbocycles. The molecule has 0 N–H and O–H groups in total. The molecule has 0 fully saturated rings. The smallest absolute Gasteiger partial charge is 0.174 e. The Hall–Kier alpha value is -1.39. The van der Waals surface area contributed by atoms with E-state index in [-0.39, 0.29) is 12.4 Å². The maximum Gasteiger partial charge on any atom is 0.174 e. The maximum absolute atomic E-state index is 12.5. The zero-order valence-electron chi connectivity index (χ0n) is 11.7. The zero-order valence-corrected chi connectivity index (χ0v) is 11.7. The van der Waals surface area contributed by atoms with Crippen LogP contribution in [0.3, 0.4) is 0 Å². The van der Waals surface area contributed by atoms with E-state index in [4.69, 9.17) is 14.2 Å². The van der Waals surface area contributed by atoms with Gasteiger partial charge in [-0.25, -0.2) is 0 Å². The predicted molar refractivity (Wildman–Crippen MR) is 71.5 cm³/mol. The van der Waals surface area contributed by atoms with Gasteiger partial charge in [0.05, 0.1) is 13.7 Å². The molecule has 0 radical (unpaired) electrons. The van der Waals surface area contributed by atoms with Crippen LogP contribution in [-0.4, -0.2) is 33.7 Å². The Morgan fingerprint density at radius 1 is 1.21 bits per heavy atom. The van der Waals surface area contributed by atoms with Crippen molar-refractivity contribution in [3.05, 3.63) is 29.3 Å². The molecular weight excluding hydrogens is 244 g/mol. The first-order valence-electron chi connectivity index (χ1n) is 6.42. The lowest BCUT2D eigenvalue weighted by Crippen LogP contribution is -2.42. The van der Waals surface area contributed by atoms with E-state index in [2.05, 4.69) is 0 Å². The van der Waals surface area contributed by atoms with Gasteiger partial charge in [0.15, 0.2) is 11.4 Å². The molecule has 104 valence electrons. The van der Waals surface area contributed by atoms with Crippen LogP contribution in [-0.2, 0) is 26.3 Å². The highest BCUT2D eigenvalue weighted by Gasteiger charge is 2.43. The van der Waals surface area contributed by atoms with Crippen LogP contribution in [0.5, 0.6) is 5.75 Å². The fourth-order valence-corrected chi connectivity index (χ4v) is 2.71. The van der Waals surface area contributed by atoms with Gasteiger partial charge in [-0.1, -0.05) is 6.07 Å². The molecule has 1 atom stereocenters. The second kappa shape index (κ2) is 5.72. The number of carbonyl (C=O) groups excluding carboxylic acids is 1. The van der Waals surface area contributed by atoms with Crippen molar-refractivity contribution in [2.24, 2.45) is 0 Å². The van der Waals surface area contributed by atoms with Crippen LogP contribution < -0.4 is 4.74 Å². The van der Waals surface area contributed by atoms with Crippen LogP contribution in [0.2, 0.25) is 0 Å². The van der Waals surface area contributed by atoms with Crippen LogP contribution in [0.15, 0.2) is 18.2 Å². The van der Waals surface area contributed by atoms with E-state index < -0.39 is 5.60 Å². The van der Waals surface area contributed by atoms with Crippen LogP contribution in [0.1, 0.15) is 24.0 Å². The van der Waals surface area contributed by atoms with Gasteiger partial charge in [0, 0.05) is 26.2 Å². The molecule has 1 aliphatic carbocycles. The molecule has 4 nitrogen and oxygen atoms in total. The van der Waals surface area contributed by atoms with Crippen molar-refractivity contribution in [2.45, 2.75) is 24.9 Å². The summed E-state index contributed by atoms with van der Waals surface area (Å²) in [5.74, 6) is 0.801. The first-order valence-corrected chi connectivity index (χ1v) is 6.42. The highest BCUT2D eigenvalue weighted by Crippen LogP contribution is 2.36. The molecule has 0 amide bonds. The second-order valence-electron chi connectivity index (χ2n) is 4.76. The highest BCUT2D eigenvalue weighted by molar-refractivity contribution is 5.90. The summed E-state index contributed by atoms with van der Waals surface area (Å²) >= 11 is 0. The van der Waals surface area contributed by atoms with Crippen LogP contribution >= 0.6 is 0 Å². The van der Waals surface area contributed by atoms with E-state index in [0.29, 0.717) is 6.42 Å². The monoisotopic (exact) mass is 264 g/mol. The Morgan fingerprint density at radius 2 is 2.00 bits per heavy atom. The predicted octanol–water partition coefficient (Wildman–Crippen LogP) is 2.09. The number of fused-ring (bicyclic) bond motifs is 1. The summed E-state index contributed by atoms with van der Waals surface area (Å²) in [6.45, 7) is 0.225. The fourth-order valence-electron chi connectivity index (χ4n) is 2.71. The van der Waals surface area contributed by atoms with Gasteiger partial charge in [-0.15, -0.1) is 0 Å². The number of aryl methyl sites for hydroxylation is 1. The van der Waals surface area contributed by atoms with E-state index in [9.17, 15) is 4.79 Å². The van der Waals surface area contributed by atoms with Gasteiger partial charge in [0.2, 0.25) is 0 Å². The minimum absolute atomic E-state index is 0.0730. The van der Waals surface area contributed by atoms with Gasteiger partial charge < -0.3 is 14.2 Å². The number of methoxy groups -OCH3 is 3. The Bertz CT molecular complexity index is 469. The van der Waals surface area contributed by atoms with Gasteiger partial charge in [0.25, 0.3) is 0 Å². The van der Waals surface area contributed by atoms with Crippen molar-refractivity contribution in [2.75, 3.05) is 27.9 Å². The maximum atomic E-state index is 12.5. The number of ketones is 1. The van der Waals surface area contributed by atoms with Gasteiger partial charge >= 0.3 is 0 Å². The summed E-state index contributed by atoms with van der Waals surface area (Å²) in [5.41, 5.74) is 0.999. The third kappa shape index (κ3) is 2.38. The lowest BCUT2D eigenvalue weighted by molar-refractivity contribution is -0.149. The minimum Gasteiger partial charge on any atom is -0.497 e. The average Bonchev–Trinajstić information content (AvgIpc) is 2.57. The van der Waals surface area contributed by atoms with Crippen LogP contribution in [0, 0.1) is 0 Å². The minimum atomic E-state index is -1.00. The molecule has 1 unspecified atom stereocenters. The zero-order chi connectivity index (χ0) is 13.9. The van der Waals surface area contributed by atoms with E-state index in [1.54, 1.807) is 21.3 Å². The highest BCUT2D eigenvalue weighted by atomic mass is 16.5. The van der Waals surface area contributed by atoms with Gasteiger partial charge in [0.1, 0.15) is 5.75 Å². The van der Waals surface area contributed by atoms with Crippen molar-refractivity contribution in [1.82, 2.24) is 0 Å². The van der Waals surface area contributed by atoms with Crippen molar-refractivity contribution in [3.8, 4) is 5.75 Å². The second-order valence-corrected chi connectivity index (χ2v) is 4.76. The molecule has 0 aliphatic heterocycles. The van der Waals surface area contributed by atoms with Gasteiger partial charge in [-0.2, -0.15) is 0 Å². The summed E-state index contributed by atoms with van der Waals surface area (Å²) < 4.78 is 16.1. The topological polar surface area (TPSA) is 44.8 Å². The van der Waals surface area contributed by atoms with Crippen molar-refractivity contribution in [1.29, 1.82) is 0 Å². The molecule has 4 heteroatoms. The van der Waals surface area contributed by atoms with Crippen molar-refractivity contribution in [3.63, 3.8) is 0 Å². The first-order chi connectivity index (χ1) is 9.17. The quantitative estimate of drug-likeness (QED) is 0.781. The summed E-state index contributed by atoms with van der Waals surface area (Å²) in [5, 5.41) is 0. The van der Waals surface area contributed by atoms with E-state index in [1.807, 2.05) is 18.2 Å². The number of rotatable bonds is 4. The van der Waals surface area contributed by atoms with E-state index in [0.717, 1.165) is 29.7 Å². The molecule has 0 aromatic heterocycles.